The van der Waals surface area contributed by atoms with Crippen molar-refractivity contribution in [2.45, 2.75) is 0 Å². The van der Waals surface area contributed by atoms with Gasteiger partial charge in [0, 0.05) is 5.56 Å². The number of oxime groups is 1. The number of rotatable bonds is 2. The third-order valence-corrected chi connectivity index (χ3v) is 1.47. The standard InChI is InChI=1S/C8H8FN3O/c9-7-4-2-1-3-6(7)8(12-10)5-11-13/h1-5,13H,10H2/b11-5+,12-8-. The Hall–Kier alpha value is -1.91. The molecule has 1 rings (SSSR count). The van der Waals surface area contributed by atoms with Gasteiger partial charge in [0.05, 0.1) is 6.21 Å². The van der Waals surface area contributed by atoms with Crippen LogP contribution in [0.3, 0.4) is 0 Å². The lowest BCUT2D eigenvalue weighted by Gasteiger charge is -1.99. The van der Waals surface area contributed by atoms with Crippen LogP contribution in [0, 0.1) is 5.82 Å². The van der Waals surface area contributed by atoms with Gasteiger partial charge >= 0.3 is 0 Å². The van der Waals surface area contributed by atoms with E-state index in [1.807, 2.05) is 0 Å². The molecular weight excluding hydrogens is 173 g/mol. The van der Waals surface area contributed by atoms with Crippen molar-refractivity contribution in [1.82, 2.24) is 0 Å². The third-order valence-electron chi connectivity index (χ3n) is 1.47. The summed E-state index contributed by atoms with van der Waals surface area (Å²) in [6.45, 7) is 0. The lowest BCUT2D eigenvalue weighted by molar-refractivity contribution is 0.322. The topological polar surface area (TPSA) is 71.0 Å². The zero-order chi connectivity index (χ0) is 9.68. The summed E-state index contributed by atoms with van der Waals surface area (Å²) >= 11 is 0. The molecule has 0 amide bonds. The number of hydrogen-bond acceptors (Lipinski definition) is 4. The molecule has 0 aliphatic rings. The highest BCUT2D eigenvalue weighted by Crippen LogP contribution is 2.06. The predicted octanol–water partition coefficient (Wildman–Crippen LogP) is 0.948. The van der Waals surface area contributed by atoms with Crippen molar-refractivity contribution >= 4 is 11.9 Å². The maximum absolute atomic E-state index is 13.1. The first-order valence-corrected chi connectivity index (χ1v) is 3.50. The van der Waals surface area contributed by atoms with Crippen molar-refractivity contribution in [3.8, 4) is 0 Å². The Balaban J connectivity index is 3.13. The average molecular weight is 181 g/mol. The first-order chi connectivity index (χ1) is 6.29. The van der Waals surface area contributed by atoms with Crippen LogP contribution >= 0.6 is 0 Å². The number of nitrogens with two attached hydrogens (primary N) is 1. The SMILES string of the molecule is N/N=C(/C=N/O)c1ccccc1F. The fourth-order valence-corrected chi connectivity index (χ4v) is 0.896. The van der Waals surface area contributed by atoms with Gasteiger partial charge in [0.15, 0.2) is 0 Å². The van der Waals surface area contributed by atoms with Crippen LogP contribution in [0.15, 0.2) is 34.5 Å². The molecule has 4 nitrogen and oxygen atoms in total. The molecule has 0 heterocycles. The second kappa shape index (κ2) is 4.20. The third kappa shape index (κ3) is 2.02. The highest BCUT2D eigenvalue weighted by molar-refractivity contribution is 6.38. The van der Waals surface area contributed by atoms with Crippen LogP contribution in [0.4, 0.5) is 4.39 Å². The van der Waals surface area contributed by atoms with Crippen molar-refractivity contribution in [1.29, 1.82) is 0 Å². The summed E-state index contributed by atoms with van der Waals surface area (Å²) in [7, 11) is 0. The van der Waals surface area contributed by atoms with Gasteiger partial charge in [-0.05, 0) is 12.1 Å². The lowest BCUT2D eigenvalue weighted by atomic mass is 10.1. The Kier molecular flexibility index (Phi) is 2.97. The number of hydrazone groups is 1. The van der Waals surface area contributed by atoms with E-state index in [-0.39, 0.29) is 11.3 Å². The quantitative estimate of drug-likeness (QED) is 0.308. The largest absolute Gasteiger partial charge is 0.411 e. The van der Waals surface area contributed by atoms with E-state index >= 15 is 0 Å². The van der Waals surface area contributed by atoms with E-state index in [4.69, 9.17) is 11.0 Å². The molecule has 0 atom stereocenters. The Labute approximate surface area is 74.2 Å². The molecule has 1 aromatic rings. The number of benzene rings is 1. The minimum Gasteiger partial charge on any atom is -0.411 e. The number of halogens is 1. The molecule has 0 fully saturated rings. The molecule has 68 valence electrons. The fraction of sp³-hybridized carbons (Fsp3) is 0. The molecule has 0 saturated heterocycles. The van der Waals surface area contributed by atoms with Gasteiger partial charge in [0.25, 0.3) is 0 Å². The summed E-state index contributed by atoms with van der Waals surface area (Å²) in [6, 6.07) is 5.94. The number of hydrogen-bond donors (Lipinski definition) is 2. The van der Waals surface area contributed by atoms with Gasteiger partial charge in [-0.1, -0.05) is 17.3 Å². The Morgan fingerprint density at radius 1 is 1.46 bits per heavy atom. The van der Waals surface area contributed by atoms with Crippen LogP contribution in [-0.2, 0) is 0 Å². The molecule has 0 aliphatic heterocycles. The summed E-state index contributed by atoms with van der Waals surface area (Å²) in [5.74, 6) is 4.51. The molecule has 0 spiro atoms. The molecule has 5 heteroatoms. The minimum absolute atomic E-state index is 0.0839. The highest BCUT2D eigenvalue weighted by atomic mass is 19.1. The molecule has 0 aliphatic carbocycles. The summed E-state index contributed by atoms with van der Waals surface area (Å²) in [4.78, 5) is 0. The molecule has 1 aromatic carbocycles. The first-order valence-electron chi connectivity index (χ1n) is 3.50. The van der Waals surface area contributed by atoms with Crippen molar-refractivity contribution in [2.24, 2.45) is 16.1 Å². The van der Waals surface area contributed by atoms with Crippen molar-refractivity contribution in [3.05, 3.63) is 35.6 Å². The van der Waals surface area contributed by atoms with Crippen molar-refractivity contribution in [3.63, 3.8) is 0 Å². The van der Waals surface area contributed by atoms with Crippen LogP contribution in [0.1, 0.15) is 5.56 Å². The Morgan fingerprint density at radius 3 is 2.69 bits per heavy atom. The van der Waals surface area contributed by atoms with Crippen LogP contribution in [0.2, 0.25) is 0 Å². The van der Waals surface area contributed by atoms with E-state index < -0.39 is 5.82 Å². The van der Waals surface area contributed by atoms with E-state index in [0.29, 0.717) is 0 Å². The van der Waals surface area contributed by atoms with Crippen molar-refractivity contribution < 1.29 is 9.60 Å². The van der Waals surface area contributed by atoms with Crippen LogP contribution in [0.5, 0.6) is 0 Å². The predicted molar refractivity (Wildman–Crippen MR) is 47.4 cm³/mol. The Morgan fingerprint density at radius 2 is 2.15 bits per heavy atom. The zero-order valence-electron chi connectivity index (χ0n) is 6.68. The molecule has 0 radical (unpaired) electrons. The minimum atomic E-state index is -0.466. The van der Waals surface area contributed by atoms with Crippen LogP contribution < -0.4 is 5.84 Å². The van der Waals surface area contributed by atoms with Gasteiger partial charge in [-0.15, -0.1) is 0 Å². The first kappa shape index (κ1) is 9.18. The van der Waals surface area contributed by atoms with Crippen LogP contribution in [-0.4, -0.2) is 17.1 Å². The normalized spacial score (nSPS) is 12.2. The average Bonchev–Trinajstić information content (AvgIpc) is 2.16. The van der Waals surface area contributed by atoms with Gasteiger partial charge in [0.2, 0.25) is 0 Å². The summed E-state index contributed by atoms with van der Waals surface area (Å²) in [5.41, 5.74) is 0.281. The lowest BCUT2D eigenvalue weighted by Crippen LogP contribution is -2.08. The zero-order valence-corrected chi connectivity index (χ0v) is 6.68. The van der Waals surface area contributed by atoms with Gasteiger partial charge < -0.3 is 11.0 Å². The molecule has 0 saturated carbocycles. The Bertz CT molecular complexity index is 349. The highest BCUT2D eigenvalue weighted by Gasteiger charge is 2.05. The molecule has 13 heavy (non-hydrogen) atoms. The van der Waals surface area contributed by atoms with E-state index in [9.17, 15) is 4.39 Å². The smallest absolute Gasteiger partial charge is 0.132 e. The van der Waals surface area contributed by atoms with Gasteiger partial charge in [-0.3, -0.25) is 0 Å². The van der Waals surface area contributed by atoms with E-state index in [0.717, 1.165) is 6.21 Å². The molecule has 0 bridgehead atoms. The van der Waals surface area contributed by atoms with Crippen molar-refractivity contribution in [2.75, 3.05) is 0 Å². The number of nitrogens with zero attached hydrogens (tertiary/aromatic N) is 2. The fourth-order valence-electron chi connectivity index (χ4n) is 0.896. The second-order valence-electron chi connectivity index (χ2n) is 2.24. The maximum Gasteiger partial charge on any atom is 0.132 e. The summed E-state index contributed by atoms with van der Waals surface area (Å²) in [6.07, 6.45) is 0.971. The van der Waals surface area contributed by atoms with Crippen LogP contribution in [0.25, 0.3) is 0 Å². The van der Waals surface area contributed by atoms with Gasteiger partial charge in [-0.25, -0.2) is 4.39 Å². The monoisotopic (exact) mass is 181 g/mol. The molecule has 3 N–H and O–H groups in total. The molecule has 0 unspecified atom stereocenters. The summed E-state index contributed by atoms with van der Waals surface area (Å²) in [5, 5.41) is 14.2. The van der Waals surface area contributed by atoms with E-state index in [1.165, 1.54) is 12.1 Å². The maximum atomic E-state index is 13.1. The van der Waals surface area contributed by atoms with Gasteiger partial charge in [-0.2, -0.15) is 5.10 Å². The van der Waals surface area contributed by atoms with Gasteiger partial charge in [0.1, 0.15) is 11.5 Å². The molecule has 0 aromatic heterocycles. The summed E-state index contributed by atoms with van der Waals surface area (Å²) < 4.78 is 13.1. The van der Waals surface area contributed by atoms with E-state index in [2.05, 4.69) is 10.3 Å². The van der Waals surface area contributed by atoms with E-state index in [1.54, 1.807) is 12.1 Å². The second-order valence-corrected chi connectivity index (χ2v) is 2.24. The molecular formula is C8H8FN3O.